The molecule has 0 saturated heterocycles. The summed E-state index contributed by atoms with van der Waals surface area (Å²) >= 11 is 0. The van der Waals surface area contributed by atoms with E-state index in [2.05, 4.69) is 5.32 Å². The smallest absolute Gasteiger partial charge is 0.302 e. The second-order valence-corrected chi connectivity index (χ2v) is 3.61. The third kappa shape index (κ3) is 2.09. The number of anilines is 1. The van der Waals surface area contributed by atoms with Gasteiger partial charge in [0, 0.05) is 25.1 Å². The fourth-order valence-corrected chi connectivity index (χ4v) is 1.74. The van der Waals surface area contributed by atoms with E-state index in [1.807, 2.05) is 0 Å². The number of esters is 1. The van der Waals surface area contributed by atoms with Crippen LogP contribution in [0.1, 0.15) is 18.4 Å². The minimum Gasteiger partial charge on any atom is -0.465 e. The van der Waals surface area contributed by atoms with Crippen molar-refractivity contribution in [1.82, 2.24) is 0 Å². The number of fused-ring (bicyclic) bond motifs is 1. The molecule has 1 N–H and O–H groups in total. The molecule has 0 radical (unpaired) electrons. The highest BCUT2D eigenvalue weighted by atomic mass is 19.1. The Bertz CT molecular complexity index is 392. The molecule has 1 heterocycles. The standard InChI is InChI=1S/C11H12FNO2/c1-7(14)15-6-8-5-13-11-3-2-9(12)4-10(8)11/h2-4,8,13H,5-6H2,1H3. The number of ether oxygens (including phenoxy) is 1. The van der Waals surface area contributed by atoms with Crippen molar-refractivity contribution in [3.63, 3.8) is 0 Å². The Labute approximate surface area is 87.2 Å². The Morgan fingerprint density at radius 1 is 1.67 bits per heavy atom. The maximum absolute atomic E-state index is 13.0. The second kappa shape index (κ2) is 3.88. The fraction of sp³-hybridized carbons (Fsp3) is 0.364. The van der Waals surface area contributed by atoms with Crippen molar-refractivity contribution in [2.24, 2.45) is 0 Å². The van der Waals surface area contributed by atoms with E-state index in [1.54, 1.807) is 6.07 Å². The molecule has 0 aliphatic carbocycles. The van der Waals surface area contributed by atoms with E-state index < -0.39 is 0 Å². The summed E-state index contributed by atoms with van der Waals surface area (Å²) < 4.78 is 17.9. The molecular formula is C11H12FNO2. The molecule has 1 aliphatic heterocycles. The molecule has 0 amide bonds. The number of hydrogen-bond acceptors (Lipinski definition) is 3. The summed E-state index contributed by atoms with van der Waals surface area (Å²) in [6.45, 7) is 2.36. The van der Waals surface area contributed by atoms with Crippen molar-refractivity contribution in [2.45, 2.75) is 12.8 Å². The van der Waals surface area contributed by atoms with Crippen LogP contribution in [0.4, 0.5) is 10.1 Å². The number of halogens is 1. The number of benzene rings is 1. The molecule has 1 atom stereocenters. The summed E-state index contributed by atoms with van der Waals surface area (Å²) in [6.07, 6.45) is 0. The highest BCUT2D eigenvalue weighted by molar-refractivity contribution is 5.66. The molecule has 1 unspecified atom stereocenters. The molecule has 0 spiro atoms. The van der Waals surface area contributed by atoms with Crippen LogP contribution in [0.2, 0.25) is 0 Å². The molecule has 0 aromatic heterocycles. The predicted molar refractivity (Wildman–Crippen MR) is 54.3 cm³/mol. The molecule has 1 aromatic rings. The first-order valence-corrected chi connectivity index (χ1v) is 4.83. The largest absolute Gasteiger partial charge is 0.465 e. The number of hydrogen-bond donors (Lipinski definition) is 1. The van der Waals surface area contributed by atoms with Gasteiger partial charge < -0.3 is 10.1 Å². The lowest BCUT2D eigenvalue weighted by atomic mass is 10.0. The van der Waals surface area contributed by atoms with Gasteiger partial charge in [-0.1, -0.05) is 0 Å². The minimum atomic E-state index is -0.306. The lowest BCUT2D eigenvalue weighted by molar-refractivity contribution is -0.141. The van der Waals surface area contributed by atoms with Crippen LogP contribution in [0, 0.1) is 5.82 Å². The molecule has 3 nitrogen and oxygen atoms in total. The highest BCUT2D eigenvalue weighted by Gasteiger charge is 2.23. The van der Waals surface area contributed by atoms with Gasteiger partial charge in [-0.15, -0.1) is 0 Å². The van der Waals surface area contributed by atoms with Crippen molar-refractivity contribution in [3.05, 3.63) is 29.6 Å². The molecule has 1 aromatic carbocycles. The topological polar surface area (TPSA) is 38.3 Å². The van der Waals surface area contributed by atoms with Crippen molar-refractivity contribution < 1.29 is 13.9 Å². The lowest BCUT2D eigenvalue weighted by Crippen LogP contribution is -2.12. The quantitative estimate of drug-likeness (QED) is 0.756. The Morgan fingerprint density at radius 3 is 3.20 bits per heavy atom. The first-order valence-electron chi connectivity index (χ1n) is 4.83. The molecule has 80 valence electrons. The van der Waals surface area contributed by atoms with E-state index in [9.17, 15) is 9.18 Å². The Hall–Kier alpha value is -1.58. The molecule has 1 aliphatic rings. The summed E-state index contributed by atoms with van der Waals surface area (Å²) in [5.74, 6) is -0.510. The second-order valence-electron chi connectivity index (χ2n) is 3.61. The molecular weight excluding hydrogens is 197 g/mol. The number of rotatable bonds is 2. The van der Waals surface area contributed by atoms with Gasteiger partial charge in [-0.3, -0.25) is 4.79 Å². The first-order chi connectivity index (χ1) is 7.16. The molecule has 2 rings (SSSR count). The third-order valence-corrected chi connectivity index (χ3v) is 2.48. The lowest BCUT2D eigenvalue weighted by Gasteiger charge is -2.09. The highest BCUT2D eigenvalue weighted by Crippen LogP contribution is 2.31. The van der Waals surface area contributed by atoms with Crippen LogP contribution in [-0.2, 0) is 9.53 Å². The summed E-state index contributed by atoms with van der Waals surface area (Å²) in [4.78, 5) is 10.7. The first kappa shape index (κ1) is 9.96. The average molecular weight is 209 g/mol. The van der Waals surface area contributed by atoms with Crippen molar-refractivity contribution in [3.8, 4) is 0 Å². The van der Waals surface area contributed by atoms with E-state index in [-0.39, 0.29) is 17.7 Å². The van der Waals surface area contributed by atoms with E-state index in [0.717, 1.165) is 11.3 Å². The van der Waals surface area contributed by atoms with Gasteiger partial charge in [0.1, 0.15) is 5.82 Å². The van der Waals surface area contributed by atoms with Crippen molar-refractivity contribution in [2.75, 3.05) is 18.5 Å². The number of carbonyl (C=O) groups excluding carboxylic acids is 1. The molecule has 15 heavy (non-hydrogen) atoms. The Kier molecular flexibility index (Phi) is 2.58. The zero-order valence-corrected chi connectivity index (χ0v) is 8.42. The molecule has 0 fully saturated rings. The maximum Gasteiger partial charge on any atom is 0.302 e. The van der Waals surface area contributed by atoms with Crippen LogP contribution >= 0.6 is 0 Å². The van der Waals surface area contributed by atoms with Crippen LogP contribution < -0.4 is 5.32 Å². The molecule has 4 heteroatoms. The van der Waals surface area contributed by atoms with Gasteiger partial charge in [-0.05, 0) is 23.8 Å². The number of nitrogens with one attached hydrogen (secondary N) is 1. The normalized spacial score (nSPS) is 18.1. The molecule has 0 bridgehead atoms. The zero-order chi connectivity index (χ0) is 10.8. The van der Waals surface area contributed by atoms with Gasteiger partial charge in [0.2, 0.25) is 0 Å². The van der Waals surface area contributed by atoms with E-state index in [4.69, 9.17) is 4.74 Å². The van der Waals surface area contributed by atoms with E-state index >= 15 is 0 Å². The Morgan fingerprint density at radius 2 is 2.47 bits per heavy atom. The van der Waals surface area contributed by atoms with Crippen LogP contribution in [0.15, 0.2) is 18.2 Å². The van der Waals surface area contributed by atoms with Gasteiger partial charge in [0.15, 0.2) is 0 Å². The zero-order valence-electron chi connectivity index (χ0n) is 8.42. The maximum atomic E-state index is 13.0. The van der Waals surface area contributed by atoms with Crippen LogP contribution in [0.3, 0.4) is 0 Å². The van der Waals surface area contributed by atoms with Gasteiger partial charge in [-0.25, -0.2) is 4.39 Å². The summed E-state index contributed by atoms with van der Waals surface area (Å²) in [6, 6.07) is 4.61. The van der Waals surface area contributed by atoms with Crippen LogP contribution in [0.5, 0.6) is 0 Å². The molecule has 0 saturated carbocycles. The minimum absolute atomic E-state index is 0.0552. The summed E-state index contributed by atoms with van der Waals surface area (Å²) in [7, 11) is 0. The van der Waals surface area contributed by atoms with Crippen LogP contribution in [-0.4, -0.2) is 19.1 Å². The van der Waals surface area contributed by atoms with Crippen molar-refractivity contribution in [1.29, 1.82) is 0 Å². The van der Waals surface area contributed by atoms with Gasteiger partial charge in [-0.2, -0.15) is 0 Å². The fourth-order valence-electron chi connectivity index (χ4n) is 1.74. The predicted octanol–water partition coefficient (Wildman–Crippen LogP) is 1.90. The average Bonchev–Trinajstić information content (AvgIpc) is 2.57. The van der Waals surface area contributed by atoms with Gasteiger partial charge >= 0.3 is 5.97 Å². The van der Waals surface area contributed by atoms with Gasteiger partial charge in [0.25, 0.3) is 0 Å². The third-order valence-electron chi connectivity index (χ3n) is 2.48. The SMILES string of the molecule is CC(=O)OCC1CNc2ccc(F)cc21. The summed E-state index contributed by atoms with van der Waals surface area (Å²) in [5.41, 5.74) is 1.81. The van der Waals surface area contributed by atoms with Crippen molar-refractivity contribution >= 4 is 11.7 Å². The monoisotopic (exact) mass is 209 g/mol. The van der Waals surface area contributed by atoms with Crippen LogP contribution in [0.25, 0.3) is 0 Å². The summed E-state index contributed by atoms with van der Waals surface area (Å²) in [5, 5.41) is 3.14. The van der Waals surface area contributed by atoms with E-state index in [0.29, 0.717) is 13.2 Å². The Balaban J connectivity index is 2.13. The number of carbonyl (C=O) groups is 1. The van der Waals surface area contributed by atoms with E-state index in [1.165, 1.54) is 19.1 Å². The van der Waals surface area contributed by atoms with Gasteiger partial charge in [0.05, 0.1) is 6.61 Å².